The fraction of sp³-hybridized carbons (Fsp3) is 0.0667. The Kier molecular flexibility index (Phi) is 7.42. The van der Waals surface area contributed by atoms with E-state index in [4.69, 9.17) is 14.8 Å². The molecule has 7 nitrogen and oxygen atoms in total. The summed E-state index contributed by atoms with van der Waals surface area (Å²) in [6.45, 7) is 2.57. The third-order valence-corrected chi connectivity index (χ3v) is 5.48. The number of pyridine rings is 1. The van der Waals surface area contributed by atoms with Crippen molar-refractivity contribution in [3.05, 3.63) is 127 Å². The Hall–Kier alpha value is -5.04. The van der Waals surface area contributed by atoms with Crippen LogP contribution in [-0.2, 0) is 0 Å². The molecule has 0 aliphatic rings. The second-order valence-electron chi connectivity index (χ2n) is 8.05. The standard InChI is InChI=1S/C30H26N6O/c1-2-37-27-18-16-25(17-19-27)33-30(28-15-9-10-20-31-28)34-32-21-24-22-36(26-13-7-4-8-14-26)35-29(24)23-11-5-3-6-12-23/h3-22H,2H2,1H3,(H,33,34)/b32-21+. The third-order valence-electron chi connectivity index (χ3n) is 5.48. The number of para-hydroxylation sites is 1. The highest BCUT2D eigenvalue weighted by Gasteiger charge is 2.11. The highest BCUT2D eigenvalue weighted by atomic mass is 16.5. The Labute approximate surface area is 215 Å². The van der Waals surface area contributed by atoms with Crippen molar-refractivity contribution in [3.8, 4) is 22.7 Å². The largest absolute Gasteiger partial charge is 0.494 e. The summed E-state index contributed by atoms with van der Waals surface area (Å²) in [6.07, 6.45) is 5.45. The summed E-state index contributed by atoms with van der Waals surface area (Å²) in [5.74, 6) is 1.33. The fourth-order valence-corrected chi connectivity index (χ4v) is 3.73. The fourth-order valence-electron chi connectivity index (χ4n) is 3.73. The summed E-state index contributed by atoms with van der Waals surface area (Å²) in [7, 11) is 0. The molecular weight excluding hydrogens is 460 g/mol. The van der Waals surface area contributed by atoms with E-state index < -0.39 is 0 Å². The Balaban J connectivity index is 1.46. The molecule has 0 saturated heterocycles. The highest BCUT2D eigenvalue weighted by molar-refractivity contribution is 5.99. The molecule has 37 heavy (non-hydrogen) atoms. The molecule has 5 aromatic rings. The van der Waals surface area contributed by atoms with Gasteiger partial charge in [0.05, 0.1) is 24.2 Å². The van der Waals surface area contributed by atoms with Crippen LogP contribution < -0.4 is 10.2 Å². The lowest BCUT2D eigenvalue weighted by molar-refractivity contribution is 0.340. The minimum Gasteiger partial charge on any atom is -0.494 e. The molecular formula is C30H26N6O. The number of nitrogens with one attached hydrogen (secondary N) is 1. The van der Waals surface area contributed by atoms with Crippen molar-refractivity contribution in [2.45, 2.75) is 6.92 Å². The van der Waals surface area contributed by atoms with Gasteiger partial charge in [-0.1, -0.05) is 54.6 Å². The van der Waals surface area contributed by atoms with Crippen LogP contribution >= 0.6 is 0 Å². The molecule has 182 valence electrons. The number of hydrazone groups is 1. The average molecular weight is 487 g/mol. The minimum atomic E-state index is 0.526. The van der Waals surface area contributed by atoms with Crippen molar-refractivity contribution in [2.75, 3.05) is 6.61 Å². The molecule has 0 aliphatic carbocycles. The number of aromatic nitrogens is 3. The lowest BCUT2D eigenvalue weighted by Crippen LogP contribution is -2.20. The number of benzene rings is 3. The Bertz CT molecular complexity index is 1480. The van der Waals surface area contributed by atoms with Crippen LogP contribution in [-0.4, -0.2) is 33.4 Å². The normalized spacial score (nSPS) is 11.5. The molecule has 0 saturated carbocycles. The number of hydrogen-bond acceptors (Lipinski definition) is 5. The van der Waals surface area contributed by atoms with E-state index in [1.807, 2.05) is 121 Å². The Morgan fingerprint density at radius 1 is 0.892 bits per heavy atom. The predicted octanol–water partition coefficient (Wildman–Crippen LogP) is 6.04. The number of amidine groups is 1. The molecule has 0 aliphatic heterocycles. The van der Waals surface area contributed by atoms with Gasteiger partial charge in [0, 0.05) is 23.5 Å². The lowest BCUT2D eigenvalue weighted by atomic mass is 10.1. The molecule has 7 heteroatoms. The third kappa shape index (κ3) is 5.97. The van der Waals surface area contributed by atoms with E-state index in [0.717, 1.165) is 33.9 Å². The first-order valence-corrected chi connectivity index (χ1v) is 12.0. The van der Waals surface area contributed by atoms with Crippen molar-refractivity contribution in [3.63, 3.8) is 0 Å². The van der Waals surface area contributed by atoms with Crippen molar-refractivity contribution >= 4 is 17.7 Å². The second-order valence-corrected chi connectivity index (χ2v) is 8.05. The predicted molar refractivity (Wildman–Crippen MR) is 148 cm³/mol. The summed E-state index contributed by atoms with van der Waals surface area (Å²) in [5.41, 5.74) is 8.20. The van der Waals surface area contributed by atoms with Gasteiger partial charge in [-0.05, 0) is 55.5 Å². The molecule has 0 fully saturated rings. The first-order chi connectivity index (χ1) is 18.3. The molecule has 0 atom stereocenters. The van der Waals surface area contributed by atoms with Crippen LogP contribution in [0.5, 0.6) is 5.75 Å². The quantitative estimate of drug-likeness (QED) is 0.165. The maximum absolute atomic E-state index is 5.54. The molecule has 2 heterocycles. The minimum absolute atomic E-state index is 0.526. The monoisotopic (exact) mass is 486 g/mol. The van der Waals surface area contributed by atoms with E-state index in [2.05, 4.69) is 15.5 Å². The zero-order valence-electron chi connectivity index (χ0n) is 20.4. The van der Waals surface area contributed by atoms with Gasteiger partial charge < -0.3 is 4.74 Å². The van der Waals surface area contributed by atoms with Crippen LogP contribution in [0.4, 0.5) is 5.69 Å². The molecule has 1 N–H and O–H groups in total. The van der Waals surface area contributed by atoms with Crippen LogP contribution in [0.1, 0.15) is 18.2 Å². The van der Waals surface area contributed by atoms with E-state index in [-0.39, 0.29) is 0 Å². The maximum Gasteiger partial charge on any atom is 0.172 e. The molecule has 5 rings (SSSR count). The number of hydrogen-bond donors (Lipinski definition) is 1. The van der Waals surface area contributed by atoms with E-state index >= 15 is 0 Å². The van der Waals surface area contributed by atoms with Crippen molar-refractivity contribution < 1.29 is 4.74 Å². The van der Waals surface area contributed by atoms with Gasteiger partial charge in [-0.2, -0.15) is 10.2 Å². The van der Waals surface area contributed by atoms with Gasteiger partial charge in [-0.15, -0.1) is 0 Å². The molecule has 0 spiro atoms. The number of ether oxygens (including phenoxy) is 1. The lowest BCUT2D eigenvalue weighted by Gasteiger charge is -2.06. The molecule has 2 aromatic heterocycles. The Morgan fingerprint density at radius 3 is 2.32 bits per heavy atom. The van der Waals surface area contributed by atoms with Crippen LogP contribution in [0.3, 0.4) is 0 Å². The molecule has 0 amide bonds. The zero-order valence-corrected chi connectivity index (χ0v) is 20.4. The van der Waals surface area contributed by atoms with E-state index in [1.165, 1.54) is 0 Å². The smallest absolute Gasteiger partial charge is 0.172 e. The maximum atomic E-state index is 5.54. The summed E-state index contributed by atoms with van der Waals surface area (Å²) < 4.78 is 7.40. The zero-order chi connectivity index (χ0) is 25.3. The number of rotatable bonds is 8. The van der Waals surface area contributed by atoms with E-state index in [0.29, 0.717) is 18.1 Å². The summed E-state index contributed by atoms with van der Waals surface area (Å²) >= 11 is 0. The van der Waals surface area contributed by atoms with Crippen LogP contribution in [0.25, 0.3) is 16.9 Å². The van der Waals surface area contributed by atoms with Crippen molar-refractivity contribution in [1.29, 1.82) is 0 Å². The van der Waals surface area contributed by atoms with Crippen LogP contribution in [0, 0.1) is 0 Å². The van der Waals surface area contributed by atoms with Gasteiger partial charge in [0.1, 0.15) is 17.1 Å². The molecule has 0 radical (unpaired) electrons. The number of aliphatic imine (C=N–C) groups is 1. The van der Waals surface area contributed by atoms with Gasteiger partial charge in [-0.25, -0.2) is 9.67 Å². The summed E-state index contributed by atoms with van der Waals surface area (Å²) in [6, 6.07) is 33.3. The molecule has 0 bridgehead atoms. The van der Waals surface area contributed by atoms with Gasteiger partial charge in [0.15, 0.2) is 5.84 Å². The van der Waals surface area contributed by atoms with Crippen molar-refractivity contribution in [1.82, 2.24) is 20.2 Å². The molecule has 3 aromatic carbocycles. The van der Waals surface area contributed by atoms with Crippen molar-refractivity contribution in [2.24, 2.45) is 10.1 Å². The van der Waals surface area contributed by atoms with Crippen LogP contribution in [0.2, 0.25) is 0 Å². The first kappa shape index (κ1) is 23.7. The van der Waals surface area contributed by atoms with E-state index in [1.54, 1.807) is 12.4 Å². The topological polar surface area (TPSA) is 76.7 Å². The van der Waals surface area contributed by atoms with Gasteiger partial charge >= 0.3 is 0 Å². The highest BCUT2D eigenvalue weighted by Crippen LogP contribution is 2.23. The second kappa shape index (κ2) is 11.6. The van der Waals surface area contributed by atoms with E-state index in [9.17, 15) is 0 Å². The number of nitrogens with zero attached hydrogens (tertiary/aromatic N) is 5. The van der Waals surface area contributed by atoms with Gasteiger partial charge in [0.2, 0.25) is 0 Å². The Morgan fingerprint density at radius 2 is 1.62 bits per heavy atom. The summed E-state index contributed by atoms with van der Waals surface area (Å²) in [4.78, 5) is 9.20. The molecule has 0 unspecified atom stereocenters. The summed E-state index contributed by atoms with van der Waals surface area (Å²) in [5, 5.41) is 9.37. The average Bonchev–Trinajstić information content (AvgIpc) is 3.39. The van der Waals surface area contributed by atoms with Gasteiger partial charge in [-0.3, -0.25) is 10.4 Å². The van der Waals surface area contributed by atoms with Gasteiger partial charge in [0.25, 0.3) is 0 Å². The first-order valence-electron chi connectivity index (χ1n) is 12.0. The SMILES string of the molecule is CCOc1ccc(N=C(N/N=C/c2cn(-c3ccccc3)nc2-c2ccccc2)c2ccccn2)cc1. The van der Waals surface area contributed by atoms with Crippen LogP contribution in [0.15, 0.2) is 126 Å².